The number of nitrogens with zero attached hydrogens (tertiary/aromatic N) is 5. The number of amides is 2. The fourth-order valence-corrected chi connectivity index (χ4v) is 4.14. The molecule has 3 fully saturated rings. The van der Waals surface area contributed by atoms with Crippen molar-refractivity contribution in [3.63, 3.8) is 0 Å². The first-order chi connectivity index (χ1) is 10.7. The van der Waals surface area contributed by atoms with Gasteiger partial charge in [-0.3, -0.25) is 14.5 Å². The van der Waals surface area contributed by atoms with Gasteiger partial charge in [0.05, 0.1) is 17.9 Å². The highest BCUT2D eigenvalue weighted by atomic mass is 16.2. The number of likely N-dealkylation sites (tertiary alicyclic amines) is 1. The van der Waals surface area contributed by atoms with Gasteiger partial charge in [-0.05, 0) is 19.3 Å². The number of aromatic nitrogens is 2. The van der Waals surface area contributed by atoms with Crippen LogP contribution in [0.5, 0.6) is 0 Å². The van der Waals surface area contributed by atoms with Gasteiger partial charge in [0.1, 0.15) is 0 Å². The van der Waals surface area contributed by atoms with E-state index in [1.54, 1.807) is 4.90 Å². The van der Waals surface area contributed by atoms with Crippen molar-refractivity contribution >= 4 is 11.7 Å². The molecule has 1 aliphatic carbocycles. The van der Waals surface area contributed by atoms with Crippen LogP contribution in [0.25, 0.3) is 0 Å². The minimum Gasteiger partial charge on any atom is -0.326 e. The molecule has 0 radical (unpaired) electrons. The van der Waals surface area contributed by atoms with Gasteiger partial charge in [-0.15, -0.1) is 0 Å². The van der Waals surface area contributed by atoms with Crippen LogP contribution < -0.4 is 4.90 Å². The number of urea groups is 1. The smallest absolute Gasteiger partial charge is 0.324 e. The van der Waals surface area contributed by atoms with Gasteiger partial charge in [-0.25, -0.2) is 4.79 Å². The van der Waals surface area contributed by atoms with Crippen LogP contribution in [0, 0.1) is 0 Å². The molecule has 6 nitrogen and oxygen atoms in total. The lowest BCUT2D eigenvalue weighted by Crippen LogP contribution is -2.31. The van der Waals surface area contributed by atoms with Crippen LogP contribution in [0.1, 0.15) is 38.1 Å². The van der Waals surface area contributed by atoms with E-state index in [0.29, 0.717) is 6.04 Å². The summed E-state index contributed by atoms with van der Waals surface area (Å²) in [6.45, 7) is 3.86. The quantitative estimate of drug-likeness (QED) is 0.857. The molecule has 0 N–H and O–H groups in total. The van der Waals surface area contributed by atoms with Crippen molar-refractivity contribution in [2.24, 2.45) is 0 Å². The van der Waals surface area contributed by atoms with Gasteiger partial charge in [0, 0.05) is 45.5 Å². The Morgan fingerprint density at radius 1 is 1.09 bits per heavy atom. The molecule has 4 rings (SSSR count). The van der Waals surface area contributed by atoms with Crippen molar-refractivity contribution in [2.75, 3.05) is 38.1 Å². The first kappa shape index (κ1) is 14.1. The predicted molar refractivity (Wildman–Crippen MR) is 85.1 cm³/mol. The second-order valence-electron chi connectivity index (χ2n) is 6.91. The summed E-state index contributed by atoms with van der Waals surface area (Å²) < 4.78 is 2.08. The Balaban J connectivity index is 1.43. The van der Waals surface area contributed by atoms with Crippen LogP contribution in [-0.4, -0.2) is 64.9 Å². The third-order valence-electron chi connectivity index (χ3n) is 5.53. The number of rotatable bonds is 3. The molecule has 2 aliphatic heterocycles. The summed E-state index contributed by atoms with van der Waals surface area (Å²) in [6, 6.07) is 1.34. The third kappa shape index (κ3) is 2.39. The maximum atomic E-state index is 12.1. The highest BCUT2D eigenvalue weighted by molar-refractivity contribution is 5.93. The standard InChI is InChI=1S/C16H25N5O/c1-18-8-9-20(16(18)22)15-10-17-21(12-15)14-6-7-19(11-14)13-4-2-3-5-13/h10,12-14H,2-9,11H2,1H3. The number of hydrogen-bond donors (Lipinski definition) is 0. The second-order valence-corrected chi connectivity index (χ2v) is 6.91. The van der Waals surface area contributed by atoms with Crippen LogP contribution in [0.15, 0.2) is 12.4 Å². The Morgan fingerprint density at radius 3 is 2.64 bits per heavy atom. The Labute approximate surface area is 131 Å². The van der Waals surface area contributed by atoms with Gasteiger partial charge in [-0.1, -0.05) is 12.8 Å². The molecule has 1 atom stereocenters. The average Bonchev–Trinajstić information content (AvgIpc) is 3.25. The molecular weight excluding hydrogens is 278 g/mol. The molecule has 1 saturated carbocycles. The van der Waals surface area contributed by atoms with Crippen molar-refractivity contribution in [1.29, 1.82) is 0 Å². The first-order valence-corrected chi connectivity index (χ1v) is 8.53. The van der Waals surface area contributed by atoms with Crippen molar-refractivity contribution < 1.29 is 4.79 Å². The van der Waals surface area contributed by atoms with Gasteiger partial charge in [0.15, 0.2) is 0 Å². The molecule has 1 unspecified atom stereocenters. The lowest BCUT2D eigenvalue weighted by molar-refractivity contribution is 0.229. The van der Waals surface area contributed by atoms with E-state index < -0.39 is 0 Å². The van der Waals surface area contributed by atoms with Crippen molar-refractivity contribution in [2.45, 2.75) is 44.2 Å². The van der Waals surface area contributed by atoms with Crippen molar-refractivity contribution in [3.05, 3.63) is 12.4 Å². The zero-order chi connectivity index (χ0) is 15.1. The van der Waals surface area contributed by atoms with E-state index in [-0.39, 0.29) is 6.03 Å². The van der Waals surface area contributed by atoms with Crippen molar-refractivity contribution in [1.82, 2.24) is 19.6 Å². The largest absolute Gasteiger partial charge is 0.326 e. The SMILES string of the molecule is CN1CCN(c2cnn(C3CCN(C4CCCC4)C3)c2)C1=O. The zero-order valence-corrected chi connectivity index (χ0v) is 13.3. The minimum atomic E-state index is 0.0820. The van der Waals surface area contributed by atoms with Crippen molar-refractivity contribution in [3.8, 4) is 0 Å². The Kier molecular flexibility index (Phi) is 3.56. The Morgan fingerprint density at radius 2 is 1.91 bits per heavy atom. The molecule has 2 saturated heterocycles. The zero-order valence-electron chi connectivity index (χ0n) is 13.3. The summed E-state index contributed by atoms with van der Waals surface area (Å²) in [7, 11) is 1.85. The van der Waals surface area contributed by atoms with Gasteiger partial charge < -0.3 is 4.90 Å². The number of carbonyl (C=O) groups is 1. The van der Waals surface area contributed by atoms with E-state index in [9.17, 15) is 4.79 Å². The Bertz CT molecular complexity index is 550. The number of likely N-dealkylation sites (N-methyl/N-ethyl adjacent to an activating group) is 1. The van der Waals surface area contributed by atoms with E-state index in [1.807, 2.05) is 18.1 Å². The molecule has 120 valence electrons. The van der Waals surface area contributed by atoms with Gasteiger partial charge in [0.2, 0.25) is 0 Å². The van der Waals surface area contributed by atoms with Gasteiger partial charge in [-0.2, -0.15) is 5.10 Å². The molecule has 3 aliphatic rings. The molecule has 2 amide bonds. The van der Waals surface area contributed by atoms with Gasteiger partial charge >= 0.3 is 6.03 Å². The molecular formula is C16H25N5O. The average molecular weight is 303 g/mol. The maximum absolute atomic E-state index is 12.1. The summed E-state index contributed by atoms with van der Waals surface area (Å²) in [4.78, 5) is 18.3. The summed E-state index contributed by atoms with van der Waals surface area (Å²) in [5, 5.41) is 4.54. The third-order valence-corrected chi connectivity index (χ3v) is 5.53. The van der Waals surface area contributed by atoms with E-state index in [4.69, 9.17) is 0 Å². The predicted octanol–water partition coefficient (Wildman–Crippen LogP) is 1.94. The normalized spacial score (nSPS) is 27.5. The molecule has 0 bridgehead atoms. The second kappa shape index (κ2) is 5.57. The molecule has 3 heterocycles. The highest BCUT2D eigenvalue weighted by Gasteiger charge is 2.32. The van der Waals surface area contributed by atoms with E-state index in [2.05, 4.69) is 20.9 Å². The number of anilines is 1. The lowest BCUT2D eigenvalue weighted by atomic mass is 10.2. The van der Waals surface area contributed by atoms with Crippen LogP contribution in [0.2, 0.25) is 0 Å². The van der Waals surface area contributed by atoms with E-state index in [1.165, 1.54) is 38.6 Å². The van der Waals surface area contributed by atoms with Gasteiger partial charge in [0.25, 0.3) is 0 Å². The van der Waals surface area contributed by atoms with Crippen LogP contribution in [0.4, 0.5) is 10.5 Å². The highest BCUT2D eigenvalue weighted by Crippen LogP contribution is 2.31. The van der Waals surface area contributed by atoms with Crippen LogP contribution in [0.3, 0.4) is 0 Å². The van der Waals surface area contributed by atoms with Crippen LogP contribution >= 0.6 is 0 Å². The molecule has 6 heteroatoms. The fourth-order valence-electron chi connectivity index (χ4n) is 4.14. The summed E-state index contributed by atoms with van der Waals surface area (Å²) in [5.74, 6) is 0. The molecule has 0 aromatic carbocycles. The fraction of sp³-hybridized carbons (Fsp3) is 0.750. The molecule has 1 aromatic rings. The summed E-state index contributed by atoms with van der Waals surface area (Å²) in [5.41, 5.74) is 0.939. The first-order valence-electron chi connectivity index (χ1n) is 8.53. The number of carbonyl (C=O) groups excluding carboxylic acids is 1. The molecule has 22 heavy (non-hydrogen) atoms. The summed E-state index contributed by atoms with van der Waals surface area (Å²) in [6.07, 6.45) is 10.6. The topological polar surface area (TPSA) is 44.6 Å². The Hall–Kier alpha value is -1.56. The summed E-state index contributed by atoms with van der Waals surface area (Å²) >= 11 is 0. The molecule has 1 aromatic heterocycles. The van der Waals surface area contributed by atoms with E-state index >= 15 is 0 Å². The van der Waals surface area contributed by atoms with Crippen LogP contribution in [-0.2, 0) is 0 Å². The maximum Gasteiger partial charge on any atom is 0.324 e. The lowest BCUT2D eigenvalue weighted by Gasteiger charge is -2.23. The number of hydrogen-bond acceptors (Lipinski definition) is 3. The molecule has 0 spiro atoms. The van der Waals surface area contributed by atoms with E-state index in [0.717, 1.165) is 31.4 Å². The monoisotopic (exact) mass is 303 g/mol. The minimum absolute atomic E-state index is 0.0820.